The summed E-state index contributed by atoms with van der Waals surface area (Å²) in [6, 6.07) is 15.0. The second kappa shape index (κ2) is 8.17. The molecular weight excluding hydrogens is 414 g/mol. The van der Waals surface area contributed by atoms with Gasteiger partial charge in [0.15, 0.2) is 5.65 Å². The number of nitrogens with one attached hydrogen (secondary N) is 1. The Balaban J connectivity index is 1.57. The van der Waals surface area contributed by atoms with Gasteiger partial charge in [-0.25, -0.2) is 9.97 Å². The third-order valence-electron chi connectivity index (χ3n) is 5.63. The number of nitrogens with zero attached hydrogens (tertiary/aromatic N) is 3. The maximum atomic E-state index is 13.2. The minimum Gasteiger partial charge on any atom is -0.384 e. The highest BCUT2D eigenvalue weighted by Crippen LogP contribution is 2.29. The van der Waals surface area contributed by atoms with Crippen LogP contribution in [-0.2, 0) is 17.8 Å². The Kier molecular flexibility index (Phi) is 5.21. The van der Waals surface area contributed by atoms with Crippen LogP contribution in [0, 0.1) is 0 Å². The topological polar surface area (TPSA) is 95.1 Å². The van der Waals surface area contributed by atoms with Gasteiger partial charge in [0, 0.05) is 18.2 Å². The highest BCUT2D eigenvalue weighted by molar-refractivity contribution is 6.31. The molecular formula is C23H22ClN5O2. The summed E-state index contributed by atoms with van der Waals surface area (Å²) >= 11 is 6.23. The van der Waals surface area contributed by atoms with Crippen LogP contribution in [0.4, 0.5) is 5.82 Å². The minimum absolute atomic E-state index is 0.0465. The van der Waals surface area contributed by atoms with Crippen LogP contribution in [0.2, 0.25) is 5.02 Å². The van der Waals surface area contributed by atoms with Gasteiger partial charge in [0.1, 0.15) is 16.9 Å². The molecule has 1 amide bonds. The number of halogens is 1. The van der Waals surface area contributed by atoms with Gasteiger partial charge in [-0.3, -0.25) is 4.79 Å². The number of rotatable bonds is 5. The van der Waals surface area contributed by atoms with Crippen LogP contribution in [0.25, 0.3) is 22.2 Å². The maximum absolute atomic E-state index is 13.2. The van der Waals surface area contributed by atoms with E-state index in [-0.39, 0.29) is 18.6 Å². The molecule has 0 aliphatic carbocycles. The zero-order valence-electron chi connectivity index (χ0n) is 16.8. The Morgan fingerprint density at radius 2 is 1.90 bits per heavy atom. The highest BCUT2D eigenvalue weighted by atomic mass is 35.5. The Morgan fingerprint density at radius 3 is 2.65 bits per heavy atom. The van der Waals surface area contributed by atoms with Gasteiger partial charge in [0.2, 0.25) is 0 Å². The molecule has 1 atom stereocenters. The number of fused-ring (bicyclic) bond motifs is 2. The highest BCUT2D eigenvalue weighted by Gasteiger charge is 2.26. The molecule has 3 N–H and O–H groups in total. The van der Waals surface area contributed by atoms with E-state index >= 15 is 0 Å². The number of carbonyl (C=O) groups excluding carboxylic acids is 1. The van der Waals surface area contributed by atoms with E-state index in [4.69, 9.17) is 32.0 Å². The molecule has 1 fully saturated rings. The molecule has 0 unspecified atom stereocenters. The lowest BCUT2D eigenvalue weighted by atomic mass is 10.2. The normalized spacial score (nSPS) is 16.2. The summed E-state index contributed by atoms with van der Waals surface area (Å²) in [6.07, 6.45) is 2.02. The first-order valence-electron chi connectivity index (χ1n) is 10.3. The number of aromatic nitrogens is 3. The smallest absolute Gasteiger partial charge is 0.257 e. The van der Waals surface area contributed by atoms with Crippen LogP contribution in [0.3, 0.4) is 0 Å². The summed E-state index contributed by atoms with van der Waals surface area (Å²) in [6.45, 7) is 1.56. The largest absolute Gasteiger partial charge is 0.384 e. The van der Waals surface area contributed by atoms with Crippen molar-refractivity contribution in [2.24, 2.45) is 0 Å². The van der Waals surface area contributed by atoms with Gasteiger partial charge in [0.05, 0.1) is 23.7 Å². The standard InChI is InChI=1S/C23H22ClN5O2/c24-16-8-2-1-6-14(16)12-26-23(30)19-20-22(28-18-10-4-3-9-17(18)27-20)29(21(19)25)13-15-7-5-11-31-15/h1-4,6,8-10,15H,5,7,11-13,25H2,(H,26,30)/t15-/m0/s1. The van der Waals surface area contributed by atoms with Gasteiger partial charge in [0.25, 0.3) is 5.91 Å². The molecule has 3 heterocycles. The van der Waals surface area contributed by atoms with Crippen LogP contribution in [0.5, 0.6) is 0 Å². The summed E-state index contributed by atoms with van der Waals surface area (Å²) < 4.78 is 7.65. The number of carbonyl (C=O) groups is 1. The number of nitrogen functional groups attached to an aromatic ring is 1. The molecule has 2 aromatic carbocycles. The first-order valence-corrected chi connectivity index (χ1v) is 10.7. The predicted molar refractivity (Wildman–Crippen MR) is 121 cm³/mol. The molecule has 0 radical (unpaired) electrons. The molecule has 2 aromatic heterocycles. The van der Waals surface area contributed by atoms with Crippen molar-refractivity contribution in [2.45, 2.75) is 32.0 Å². The number of nitrogens with two attached hydrogens (primary N) is 1. The number of amides is 1. The lowest BCUT2D eigenvalue weighted by Crippen LogP contribution is -2.24. The quantitative estimate of drug-likeness (QED) is 0.495. The van der Waals surface area contributed by atoms with E-state index in [1.165, 1.54) is 0 Å². The Bertz CT molecular complexity index is 1280. The fraction of sp³-hybridized carbons (Fsp3) is 0.261. The second-order valence-corrected chi connectivity index (χ2v) is 8.07. The second-order valence-electron chi connectivity index (χ2n) is 7.66. The maximum Gasteiger partial charge on any atom is 0.257 e. The van der Waals surface area contributed by atoms with E-state index in [0.717, 1.165) is 30.5 Å². The number of para-hydroxylation sites is 2. The molecule has 0 bridgehead atoms. The molecule has 31 heavy (non-hydrogen) atoms. The average molecular weight is 436 g/mol. The van der Waals surface area contributed by atoms with Gasteiger partial charge in [-0.05, 0) is 36.6 Å². The number of hydrogen-bond acceptors (Lipinski definition) is 5. The number of anilines is 1. The van der Waals surface area contributed by atoms with Gasteiger partial charge < -0.3 is 20.4 Å². The van der Waals surface area contributed by atoms with Crippen LogP contribution in [-0.4, -0.2) is 33.2 Å². The molecule has 7 nitrogen and oxygen atoms in total. The molecule has 4 aromatic rings. The molecule has 158 valence electrons. The van der Waals surface area contributed by atoms with E-state index < -0.39 is 0 Å². The third kappa shape index (κ3) is 3.71. The molecule has 1 saturated heterocycles. The number of benzene rings is 2. The van der Waals surface area contributed by atoms with Crippen molar-refractivity contribution in [1.82, 2.24) is 19.9 Å². The minimum atomic E-state index is -0.307. The molecule has 1 aliphatic rings. The van der Waals surface area contributed by atoms with Gasteiger partial charge in [-0.1, -0.05) is 41.9 Å². The van der Waals surface area contributed by atoms with Crippen LogP contribution in [0.1, 0.15) is 28.8 Å². The Labute approximate surface area is 184 Å². The fourth-order valence-electron chi connectivity index (χ4n) is 4.02. The van der Waals surface area contributed by atoms with Crippen molar-refractivity contribution in [1.29, 1.82) is 0 Å². The first kappa shape index (κ1) is 19.8. The van der Waals surface area contributed by atoms with Crippen molar-refractivity contribution in [2.75, 3.05) is 12.3 Å². The van der Waals surface area contributed by atoms with Crippen LogP contribution < -0.4 is 11.1 Å². The molecule has 0 saturated carbocycles. The molecule has 0 spiro atoms. The summed E-state index contributed by atoms with van der Waals surface area (Å²) in [7, 11) is 0. The van der Waals surface area contributed by atoms with E-state index in [0.29, 0.717) is 39.6 Å². The van der Waals surface area contributed by atoms with E-state index in [1.807, 2.05) is 47.0 Å². The SMILES string of the molecule is Nc1c(C(=O)NCc2ccccc2Cl)c2nc3ccccc3nc2n1C[C@@H]1CCCO1. The first-order chi connectivity index (χ1) is 15.1. The van der Waals surface area contributed by atoms with Crippen molar-refractivity contribution >= 4 is 45.5 Å². The Morgan fingerprint density at radius 1 is 1.16 bits per heavy atom. The lowest BCUT2D eigenvalue weighted by Gasteiger charge is -2.13. The zero-order chi connectivity index (χ0) is 21.4. The van der Waals surface area contributed by atoms with E-state index in [9.17, 15) is 4.79 Å². The van der Waals surface area contributed by atoms with Crippen molar-refractivity contribution in [3.8, 4) is 0 Å². The van der Waals surface area contributed by atoms with Gasteiger partial charge in [-0.2, -0.15) is 0 Å². The summed E-state index contributed by atoms with van der Waals surface area (Å²) in [5.41, 5.74) is 10.2. The van der Waals surface area contributed by atoms with Crippen LogP contribution >= 0.6 is 11.6 Å². The predicted octanol–water partition coefficient (Wildman–Crippen LogP) is 3.93. The zero-order valence-corrected chi connectivity index (χ0v) is 17.6. The van der Waals surface area contributed by atoms with Crippen molar-refractivity contribution in [3.05, 3.63) is 64.7 Å². The summed E-state index contributed by atoms with van der Waals surface area (Å²) in [4.78, 5) is 22.7. The van der Waals surface area contributed by atoms with Gasteiger partial charge in [-0.15, -0.1) is 0 Å². The summed E-state index contributed by atoms with van der Waals surface area (Å²) in [5, 5.41) is 3.53. The Hall–Kier alpha value is -3.16. The van der Waals surface area contributed by atoms with Crippen molar-refractivity contribution < 1.29 is 9.53 Å². The summed E-state index contributed by atoms with van der Waals surface area (Å²) in [5.74, 6) is 0.0376. The average Bonchev–Trinajstić information content (AvgIpc) is 3.38. The van der Waals surface area contributed by atoms with E-state index in [2.05, 4.69) is 5.32 Å². The molecule has 5 rings (SSSR count). The molecule has 1 aliphatic heterocycles. The van der Waals surface area contributed by atoms with E-state index in [1.54, 1.807) is 6.07 Å². The van der Waals surface area contributed by atoms with Crippen LogP contribution in [0.15, 0.2) is 48.5 Å². The number of hydrogen-bond donors (Lipinski definition) is 2. The molecule has 8 heteroatoms. The lowest BCUT2D eigenvalue weighted by molar-refractivity contribution is 0.0947. The third-order valence-corrected chi connectivity index (χ3v) is 5.99. The number of ether oxygens (including phenoxy) is 1. The monoisotopic (exact) mass is 435 g/mol. The van der Waals surface area contributed by atoms with Gasteiger partial charge >= 0.3 is 0 Å². The fourth-order valence-corrected chi connectivity index (χ4v) is 4.23. The van der Waals surface area contributed by atoms with Crippen molar-refractivity contribution in [3.63, 3.8) is 0 Å².